The Labute approximate surface area is 169 Å². The molecule has 0 N–H and O–H groups in total. The van der Waals surface area contributed by atoms with E-state index in [2.05, 4.69) is 61.1 Å². The van der Waals surface area contributed by atoms with Gasteiger partial charge < -0.3 is 4.74 Å². The van der Waals surface area contributed by atoms with E-state index in [0.717, 1.165) is 17.4 Å². The molecule has 0 radical (unpaired) electrons. The lowest BCUT2D eigenvalue weighted by atomic mass is 9.93. The molecule has 2 nitrogen and oxygen atoms in total. The van der Waals surface area contributed by atoms with Crippen LogP contribution < -0.4 is 9.30 Å². The van der Waals surface area contributed by atoms with Gasteiger partial charge in [-0.15, -0.1) is 11.3 Å². The normalized spacial score (nSPS) is 15.9. The molecular formula is C25H24NOS+. The third-order valence-electron chi connectivity index (χ3n) is 6.67. The number of hydrogen-bond acceptors (Lipinski definition) is 2. The van der Waals surface area contributed by atoms with Crippen LogP contribution in [0.5, 0.6) is 11.5 Å². The van der Waals surface area contributed by atoms with Crippen molar-refractivity contribution in [2.24, 2.45) is 13.0 Å². The maximum atomic E-state index is 6.67. The van der Waals surface area contributed by atoms with Gasteiger partial charge in [-0.3, -0.25) is 0 Å². The van der Waals surface area contributed by atoms with Crippen LogP contribution >= 0.6 is 11.3 Å². The van der Waals surface area contributed by atoms with Crippen LogP contribution in [0.4, 0.5) is 0 Å². The molecule has 4 aromatic rings. The van der Waals surface area contributed by atoms with E-state index in [4.69, 9.17) is 4.74 Å². The number of aromatic nitrogens is 1. The molecule has 0 saturated heterocycles. The first-order valence-electron chi connectivity index (χ1n) is 10.4. The zero-order chi connectivity index (χ0) is 18.8. The summed E-state index contributed by atoms with van der Waals surface area (Å²) in [4.78, 5) is 1.44. The number of ether oxygens (including phenoxy) is 1. The molecule has 2 aliphatic rings. The SMILES string of the molecule is Cc1c2c(cc3ccccc13)Oc1c(CC3CCCC3)sc3cc[n+](C)c-2c13. The van der Waals surface area contributed by atoms with Crippen molar-refractivity contribution in [3.8, 4) is 22.8 Å². The lowest BCUT2D eigenvalue weighted by Gasteiger charge is -2.20. The molecule has 1 saturated carbocycles. The highest BCUT2D eigenvalue weighted by Crippen LogP contribution is 2.53. The summed E-state index contributed by atoms with van der Waals surface area (Å²) in [6.07, 6.45) is 8.89. The molecule has 0 amide bonds. The van der Waals surface area contributed by atoms with E-state index < -0.39 is 0 Å². The zero-order valence-electron chi connectivity index (χ0n) is 16.4. The van der Waals surface area contributed by atoms with Crippen LogP contribution in [-0.2, 0) is 13.5 Å². The Morgan fingerprint density at radius 1 is 1.14 bits per heavy atom. The van der Waals surface area contributed by atoms with Gasteiger partial charge in [0.2, 0.25) is 5.69 Å². The standard InChI is InChI=1S/C25H24NOS/c1-15-18-10-6-5-9-17(18)14-19-22(15)24-23-20(11-12-26(24)2)28-21(25(23)27-19)13-16-7-3-4-8-16/h5-6,9-12,14,16H,3-4,7-8,13H2,1-2H3/q+1. The second-order valence-electron chi connectivity index (χ2n) is 8.42. The minimum absolute atomic E-state index is 0.824. The van der Waals surface area contributed by atoms with Crippen molar-refractivity contribution in [1.29, 1.82) is 0 Å². The first kappa shape index (κ1) is 16.6. The second kappa shape index (κ2) is 6.05. The lowest BCUT2D eigenvalue weighted by molar-refractivity contribution is -0.659. The topological polar surface area (TPSA) is 13.1 Å². The molecular weight excluding hydrogens is 362 g/mol. The Morgan fingerprint density at radius 3 is 2.82 bits per heavy atom. The smallest absolute Gasteiger partial charge is 0.228 e. The second-order valence-corrected chi connectivity index (χ2v) is 9.56. The van der Waals surface area contributed by atoms with Crippen molar-refractivity contribution in [3.05, 3.63) is 53.0 Å². The molecule has 0 atom stereocenters. The number of fused-ring (bicyclic) bond motifs is 3. The van der Waals surface area contributed by atoms with Gasteiger partial charge in [-0.2, -0.15) is 0 Å². The van der Waals surface area contributed by atoms with Gasteiger partial charge in [0.15, 0.2) is 11.9 Å². The van der Waals surface area contributed by atoms with Gasteiger partial charge in [0.1, 0.15) is 18.2 Å². The van der Waals surface area contributed by atoms with Crippen LogP contribution in [-0.4, -0.2) is 0 Å². The van der Waals surface area contributed by atoms with Crippen LogP contribution in [0.2, 0.25) is 0 Å². The summed E-state index contributed by atoms with van der Waals surface area (Å²) >= 11 is 1.94. The van der Waals surface area contributed by atoms with E-state index >= 15 is 0 Å². The number of aryl methyl sites for hydroxylation is 2. The van der Waals surface area contributed by atoms with Crippen molar-refractivity contribution < 1.29 is 9.30 Å². The van der Waals surface area contributed by atoms with E-state index in [1.807, 2.05) is 11.3 Å². The summed E-state index contributed by atoms with van der Waals surface area (Å²) in [5.41, 5.74) is 3.88. The average molecular weight is 387 g/mol. The lowest BCUT2D eigenvalue weighted by Crippen LogP contribution is -2.31. The minimum atomic E-state index is 0.824. The Bertz CT molecular complexity index is 1250. The maximum absolute atomic E-state index is 6.67. The fraction of sp³-hybridized carbons (Fsp3) is 0.320. The number of benzene rings is 2. The Hall–Kier alpha value is -2.39. The number of rotatable bonds is 2. The summed E-state index contributed by atoms with van der Waals surface area (Å²) in [6, 6.07) is 13.1. The third-order valence-corrected chi connectivity index (χ3v) is 7.83. The molecule has 1 fully saturated rings. The van der Waals surface area contributed by atoms with Crippen LogP contribution in [0.15, 0.2) is 42.6 Å². The van der Waals surface area contributed by atoms with Crippen molar-refractivity contribution in [3.63, 3.8) is 0 Å². The number of pyridine rings is 1. The molecule has 28 heavy (non-hydrogen) atoms. The van der Waals surface area contributed by atoms with E-state index in [1.165, 1.54) is 74.7 Å². The fourth-order valence-electron chi connectivity index (χ4n) is 5.26. The van der Waals surface area contributed by atoms with Crippen LogP contribution in [0.1, 0.15) is 36.1 Å². The fourth-order valence-corrected chi connectivity index (χ4v) is 6.50. The van der Waals surface area contributed by atoms with Crippen molar-refractivity contribution >= 4 is 32.2 Å². The molecule has 3 heteroatoms. The predicted molar refractivity (Wildman–Crippen MR) is 116 cm³/mol. The van der Waals surface area contributed by atoms with Gasteiger partial charge >= 0.3 is 0 Å². The highest BCUT2D eigenvalue weighted by molar-refractivity contribution is 7.19. The molecule has 0 spiro atoms. The monoisotopic (exact) mass is 386 g/mol. The molecule has 2 aromatic carbocycles. The van der Waals surface area contributed by atoms with Gasteiger partial charge in [-0.05, 0) is 41.7 Å². The van der Waals surface area contributed by atoms with Gasteiger partial charge in [0.25, 0.3) is 0 Å². The molecule has 1 aliphatic heterocycles. The first-order chi connectivity index (χ1) is 13.7. The first-order valence-corrected chi connectivity index (χ1v) is 11.2. The molecule has 3 heterocycles. The summed E-state index contributed by atoms with van der Waals surface area (Å²) in [5.74, 6) is 2.96. The van der Waals surface area contributed by atoms with Crippen molar-refractivity contribution in [2.45, 2.75) is 39.0 Å². The summed E-state index contributed by atoms with van der Waals surface area (Å²) in [7, 11) is 2.16. The summed E-state index contributed by atoms with van der Waals surface area (Å²) in [5, 5.41) is 3.88. The van der Waals surface area contributed by atoms with E-state index in [1.54, 1.807) is 0 Å². The highest BCUT2D eigenvalue weighted by atomic mass is 32.1. The van der Waals surface area contributed by atoms with E-state index in [9.17, 15) is 0 Å². The van der Waals surface area contributed by atoms with Crippen LogP contribution in [0.3, 0.4) is 0 Å². The van der Waals surface area contributed by atoms with Crippen LogP contribution in [0.25, 0.3) is 32.1 Å². The maximum Gasteiger partial charge on any atom is 0.228 e. The highest BCUT2D eigenvalue weighted by Gasteiger charge is 2.33. The van der Waals surface area contributed by atoms with Gasteiger partial charge in [-0.1, -0.05) is 49.9 Å². The largest absolute Gasteiger partial charge is 0.454 e. The minimum Gasteiger partial charge on any atom is -0.454 e. The molecule has 6 rings (SSSR count). The van der Waals surface area contributed by atoms with Gasteiger partial charge in [0, 0.05) is 10.9 Å². The number of nitrogens with zero attached hydrogens (tertiary/aromatic N) is 1. The van der Waals surface area contributed by atoms with E-state index in [0.29, 0.717) is 0 Å². The average Bonchev–Trinajstić information content (AvgIpc) is 3.33. The molecule has 2 aromatic heterocycles. The number of thiophene rings is 1. The Morgan fingerprint density at radius 2 is 1.96 bits per heavy atom. The molecule has 0 unspecified atom stereocenters. The summed E-state index contributed by atoms with van der Waals surface area (Å²) in [6.45, 7) is 2.24. The predicted octanol–water partition coefficient (Wildman–Crippen LogP) is 6.69. The Kier molecular flexibility index (Phi) is 3.58. The molecule has 0 bridgehead atoms. The zero-order valence-corrected chi connectivity index (χ0v) is 17.2. The third kappa shape index (κ3) is 2.29. The van der Waals surface area contributed by atoms with E-state index in [-0.39, 0.29) is 0 Å². The van der Waals surface area contributed by atoms with Crippen molar-refractivity contribution in [2.75, 3.05) is 0 Å². The Balaban J connectivity index is 1.64. The van der Waals surface area contributed by atoms with Gasteiger partial charge in [-0.25, -0.2) is 4.57 Å². The quantitative estimate of drug-likeness (QED) is 0.308. The number of hydrogen-bond donors (Lipinski definition) is 0. The molecule has 1 aliphatic carbocycles. The van der Waals surface area contributed by atoms with Gasteiger partial charge in [0.05, 0.1) is 10.3 Å². The van der Waals surface area contributed by atoms with Crippen LogP contribution in [0, 0.1) is 12.8 Å². The molecule has 140 valence electrons. The van der Waals surface area contributed by atoms with Crippen molar-refractivity contribution in [1.82, 2.24) is 0 Å². The summed E-state index contributed by atoms with van der Waals surface area (Å²) < 4.78 is 10.3.